The highest BCUT2D eigenvalue weighted by molar-refractivity contribution is 5.87. The summed E-state index contributed by atoms with van der Waals surface area (Å²) in [6.45, 7) is 0.133. The van der Waals surface area contributed by atoms with Gasteiger partial charge in [-0.25, -0.2) is 0 Å². The molecule has 4 aliphatic carbocycles. The van der Waals surface area contributed by atoms with E-state index in [1.54, 1.807) is 0 Å². The Morgan fingerprint density at radius 2 is 2.10 bits per heavy atom. The van der Waals surface area contributed by atoms with Crippen LogP contribution in [0.2, 0.25) is 0 Å². The third-order valence-corrected chi connectivity index (χ3v) is 7.38. The molecular formula is C17H16O4. The molecule has 0 amide bonds. The molecule has 21 heavy (non-hydrogen) atoms. The lowest BCUT2D eigenvalue weighted by Crippen LogP contribution is -2.88. The number of hydrogen-bond acceptors (Lipinski definition) is 4. The van der Waals surface area contributed by atoms with E-state index in [0.717, 1.165) is 0 Å². The average Bonchev–Trinajstić information content (AvgIpc) is 2.71. The van der Waals surface area contributed by atoms with E-state index in [9.17, 15) is 9.90 Å². The molecule has 3 saturated carbocycles. The molecule has 0 bridgehead atoms. The van der Waals surface area contributed by atoms with Crippen LogP contribution in [0.4, 0.5) is 0 Å². The van der Waals surface area contributed by atoms with Crippen LogP contribution in [0.3, 0.4) is 0 Å². The zero-order valence-electron chi connectivity index (χ0n) is 11.7. The summed E-state index contributed by atoms with van der Waals surface area (Å²) in [5.74, 6) is 0.654. The summed E-state index contributed by atoms with van der Waals surface area (Å²) >= 11 is 0. The van der Waals surface area contributed by atoms with E-state index in [4.69, 9.17) is 9.47 Å². The number of rotatable bonds is 2. The number of hydrogen-bond donors (Lipinski definition) is 1. The standard InChI is InChI=1S/C17H16O4/c1-20-15(19)17-10-8-5-3-2-4-7(8)9-12(17)16(6-18)13(17)11(10)21-14(9)16/h2-5,9-14,18H,6H2,1H3/t9-,10-,11+,12+,13-,14-,16-,17-/m0/s1. The van der Waals surface area contributed by atoms with Crippen LogP contribution in [0.15, 0.2) is 24.3 Å². The number of carbonyl (C=O) groups is 1. The lowest BCUT2D eigenvalue weighted by molar-refractivity contribution is -0.331. The molecule has 108 valence electrons. The molecule has 1 saturated heterocycles. The fourth-order valence-corrected chi connectivity index (χ4v) is 7.12. The molecule has 0 spiro atoms. The minimum Gasteiger partial charge on any atom is -0.469 e. The third-order valence-electron chi connectivity index (χ3n) is 7.38. The van der Waals surface area contributed by atoms with Gasteiger partial charge in [0.15, 0.2) is 0 Å². The van der Waals surface area contributed by atoms with Crippen molar-refractivity contribution in [1.82, 2.24) is 0 Å². The molecule has 0 unspecified atom stereocenters. The van der Waals surface area contributed by atoms with Crippen molar-refractivity contribution in [2.24, 2.45) is 22.7 Å². The van der Waals surface area contributed by atoms with Gasteiger partial charge in [-0.2, -0.15) is 0 Å². The summed E-state index contributed by atoms with van der Waals surface area (Å²) in [6.07, 6.45) is 0.181. The van der Waals surface area contributed by atoms with Crippen LogP contribution in [0.5, 0.6) is 0 Å². The second kappa shape index (κ2) is 2.90. The normalized spacial score (nSPS) is 55.7. The van der Waals surface area contributed by atoms with E-state index in [1.165, 1.54) is 18.2 Å². The minimum atomic E-state index is -0.422. The van der Waals surface area contributed by atoms with Crippen molar-refractivity contribution in [3.8, 4) is 0 Å². The lowest BCUT2D eigenvalue weighted by Gasteiger charge is -2.82. The minimum absolute atomic E-state index is 0.0890. The number of methoxy groups -OCH3 is 1. The number of aliphatic hydroxyl groups is 1. The number of aliphatic hydroxyl groups excluding tert-OH is 1. The molecular weight excluding hydrogens is 268 g/mol. The van der Waals surface area contributed by atoms with Crippen LogP contribution in [0.25, 0.3) is 0 Å². The number of carbonyl (C=O) groups excluding carboxylic acids is 1. The summed E-state index contributed by atoms with van der Waals surface area (Å²) in [5, 5.41) is 10.00. The molecule has 6 rings (SSSR count). The number of benzene rings is 1. The Hall–Kier alpha value is -1.39. The van der Waals surface area contributed by atoms with Gasteiger partial charge < -0.3 is 14.6 Å². The predicted octanol–water partition coefficient (Wildman–Crippen LogP) is 1.05. The molecule has 1 heterocycles. The van der Waals surface area contributed by atoms with Crippen molar-refractivity contribution in [3.05, 3.63) is 35.4 Å². The van der Waals surface area contributed by atoms with Gasteiger partial charge in [-0.1, -0.05) is 24.3 Å². The van der Waals surface area contributed by atoms with Crippen LogP contribution in [-0.2, 0) is 14.3 Å². The molecule has 1 N–H and O–H groups in total. The smallest absolute Gasteiger partial charge is 0.313 e. The number of ether oxygens (including phenoxy) is 2. The van der Waals surface area contributed by atoms with Gasteiger partial charge in [0.1, 0.15) is 0 Å². The number of fused-ring (bicyclic) bond motifs is 5. The van der Waals surface area contributed by atoms with Crippen LogP contribution in [0.1, 0.15) is 23.0 Å². The summed E-state index contributed by atoms with van der Waals surface area (Å²) in [4.78, 5) is 12.6. The second-order valence-corrected chi connectivity index (χ2v) is 7.30. The second-order valence-electron chi connectivity index (χ2n) is 7.30. The Labute approximate surface area is 122 Å². The van der Waals surface area contributed by atoms with E-state index >= 15 is 0 Å². The van der Waals surface area contributed by atoms with Gasteiger partial charge >= 0.3 is 5.97 Å². The van der Waals surface area contributed by atoms with E-state index in [0.29, 0.717) is 0 Å². The summed E-state index contributed by atoms with van der Waals surface area (Å²) in [5.41, 5.74) is 2.02. The van der Waals surface area contributed by atoms with E-state index < -0.39 is 5.41 Å². The maximum absolute atomic E-state index is 12.6. The first-order chi connectivity index (χ1) is 10.2. The van der Waals surface area contributed by atoms with E-state index in [-0.39, 0.29) is 53.9 Å². The zero-order valence-corrected chi connectivity index (χ0v) is 11.7. The summed E-state index contributed by atoms with van der Waals surface area (Å²) < 4.78 is 11.5. The lowest BCUT2D eigenvalue weighted by atomic mass is 9.17. The number of esters is 1. The van der Waals surface area contributed by atoms with Gasteiger partial charge in [-0.05, 0) is 17.0 Å². The first-order valence-corrected chi connectivity index (χ1v) is 7.68. The van der Waals surface area contributed by atoms with Crippen molar-refractivity contribution in [1.29, 1.82) is 0 Å². The third kappa shape index (κ3) is 0.717. The van der Waals surface area contributed by atoms with Gasteiger partial charge in [-0.3, -0.25) is 4.79 Å². The molecule has 4 nitrogen and oxygen atoms in total. The monoisotopic (exact) mass is 284 g/mol. The maximum Gasteiger partial charge on any atom is 0.313 e. The van der Waals surface area contributed by atoms with E-state index in [2.05, 4.69) is 18.2 Å². The molecule has 0 aromatic heterocycles. The molecule has 1 aromatic carbocycles. The van der Waals surface area contributed by atoms with E-state index in [1.807, 2.05) is 6.07 Å². The first-order valence-electron chi connectivity index (χ1n) is 7.68. The van der Waals surface area contributed by atoms with Crippen molar-refractivity contribution in [2.75, 3.05) is 13.7 Å². The fourth-order valence-electron chi connectivity index (χ4n) is 7.12. The molecule has 5 aliphatic rings. The molecule has 8 atom stereocenters. The van der Waals surface area contributed by atoms with Gasteiger partial charge in [0, 0.05) is 23.2 Å². The topological polar surface area (TPSA) is 55.8 Å². The Morgan fingerprint density at radius 1 is 1.33 bits per heavy atom. The van der Waals surface area contributed by atoms with Crippen LogP contribution >= 0.6 is 0 Å². The van der Waals surface area contributed by atoms with Gasteiger partial charge in [0.05, 0.1) is 31.3 Å². The highest BCUT2D eigenvalue weighted by atomic mass is 16.5. The molecule has 1 aliphatic heterocycles. The SMILES string of the molecule is COC(=O)[C@]12[C@@H]3[C@@H]4c5ccccc5[C@H]1[C@H]1O[C@@H]4[C@]3(CO)[C@H]12. The Bertz CT molecular complexity index is 714. The van der Waals surface area contributed by atoms with Crippen molar-refractivity contribution < 1.29 is 19.4 Å². The fraction of sp³-hybridized carbons (Fsp3) is 0.588. The molecule has 4 heteroatoms. The molecule has 0 radical (unpaired) electrons. The summed E-state index contributed by atoms with van der Waals surface area (Å²) in [6, 6.07) is 8.43. The Morgan fingerprint density at radius 3 is 2.81 bits per heavy atom. The van der Waals surface area contributed by atoms with Crippen LogP contribution in [0, 0.1) is 22.7 Å². The van der Waals surface area contributed by atoms with Crippen molar-refractivity contribution >= 4 is 5.97 Å². The molecule has 1 aromatic rings. The average molecular weight is 284 g/mol. The highest BCUT2D eigenvalue weighted by Gasteiger charge is 2.99. The van der Waals surface area contributed by atoms with Crippen LogP contribution < -0.4 is 0 Å². The first kappa shape index (κ1) is 11.2. The van der Waals surface area contributed by atoms with Crippen molar-refractivity contribution in [3.63, 3.8) is 0 Å². The van der Waals surface area contributed by atoms with Crippen LogP contribution in [-0.4, -0.2) is 37.0 Å². The Kier molecular flexibility index (Phi) is 1.55. The maximum atomic E-state index is 12.6. The quantitative estimate of drug-likeness (QED) is 0.825. The predicted molar refractivity (Wildman–Crippen MR) is 71.5 cm³/mol. The van der Waals surface area contributed by atoms with Gasteiger partial charge in [0.2, 0.25) is 0 Å². The van der Waals surface area contributed by atoms with Gasteiger partial charge in [0.25, 0.3) is 0 Å². The van der Waals surface area contributed by atoms with Crippen molar-refractivity contribution in [2.45, 2.75) is 24.0 Å². The van der Waals surface area contributed by atoms with Gasteiger partial charge in [-0.15, -0.1) is 0 Å². The zero-order chi connectivity index (χ0) is 14.1. The Balaban J connectivity index is 1.65. The summed E-state index contributed by atoms with van der Waals surface area (Å²) in [7, 11) is 1.48. The largest absolute Gasteiger partial charge is 0.469 e. The highest BCUT2D eigenvalue weighted by Crippen LogP contribution is 2.94. The molecule has 4 fully saturated rings.